The minimum absolute atomic E-state index is 0.219. The van der Waals surface area contributed by atoms with E-state index in [0.717, 1.165) is 23.3 Å². The molecule has 5 heteroatoms. The van der Waals surface area contributed by atoms with Crippen LogP contribution in [0, 0.1) is 6.92 Å². The lowest BCUT2D eigenvalue weighted by molar-refractivity contribution is -0.137. The number of hydrogen-bond donors (Lipinski definition) is 1. The highest BCUT2D eigenvalue weighted by Crippen LogP contribution is 2.29. The first-order valence-electron chi connectivity index (χ1n) is 6.87. The average Bonchev–Trinajstić information content (AvgIpc) is 2.48. The summed E-state index contributed by atoms with van der Waals surface area (Å²) in [6, 6.07) is 12.1. The zero-order chi connectivity index (χ0) is 16.2. The molecule has 2 aromatic carbocycles. The molecule has 0 aliphatic heterocycles. The summed E-state index contributed by atoms with van der Waals surface area (Å²) in [6.45, 7) is 2.43. The molecule has 1 N–H and O–H groups in total. The number of rotatable bonds is 4. The van der Waals surface area contributed by atoms with E-state index in [-0.39, 0.29) is 11.5 Å². The number of halogens is 3. The summed E-state index contributed by atoms with van der Waals surface area (Å²) in [5.74, 6) is -0.374. The standard InChI is InChI=1S/C17H16F3NO/c1-12-2-4-13(5-3-12)10-11-21-16(22)14-6-8-15(9-7-14)17(18,19)20/h2-9H,10-11H2,1H3,(H,21,22). The number of hydrogen-bond acceptors (Lipinski definition) is 1. The summed E-state index contributed by atoms with van der Waals surface area (Å²) >= 11 is 0. The predicted molar refractivity (Wildman–Crippen MR) is 78.7 cm³/mol. The smallest absolute Gasteiger partial charge is 0.352 e. The number of aryl methyl sites for hydroxylation is 1. The zero-order valence-corrected chi connectivity index (χ0v) is 12.1. The number of carbonyl (C=O) groups excluding carboxylic acids is 1. The highest BCUT2D eigenvalue weighted by atomic mass is 19.4. The van der Waals surface area contributed by atoms with E-state index >= 15 is 0 Å². The second kappa shape index (κ2) is 6.64. The van der Waals surface area contributed by atoms with Gasteiger partial charge in [-0.05, 0) is 43.2 Å². The van der Waals surface area contributed by atoms with Crippen LogP contribution < -0.4 is 5.32 Å². The van der Waals surface area contributed by atoms with Gasteiger partial charge in [0.2, 0.25) is 0 Å². The van der Waals surface area contributed by atoms with Gasteiger partial charge >= 0.3 is 6.18 Å². The number of nitrogens with one attached hydrogen (secondary N) is 1. The van der Waals surface area contributed by atoms with Gasteiger partial charge in [0, 0.05) is 12.1 Å². The topological polar surface area (TPSA) is 29.1 Å². The van der Waals surface area contributed by atoms with Crippen molar-refractivity contribution in [1.29, 1.82) is 0 Å². The summed E-state index contributed by atoms with van der Waals surface area (Å²) in [5, 5.41) is 2.70. The maximum Gasteiger partial charge on any atom is 0.416 e. The molecule has 22 heavy (non-hydrogen) atoms. The van der Waals surface area contributed by atoms with Crippen molar-refractivity contribution in [2.24, 2.45) is 0 Å². The fraction of sp³-hybridized carbons (Fsp3) is 0.235. The molecule has 0 saturated carbocycles. The molecular formula is C17H16F3NO. The van der Waals surface area contributed by atoms with Gasteiger partial charge in [0.25, 0.3) is 5.91 Å². The third-order valence-corrected chi connectivity index (χ3v) is 3.29. The van der Waals surface area contributed by atoms with Gasteiger partial charge in [-0.2, -0.15) is 13.2 Å². The molecule has 0 atom stereocenters. The molecule has 0 unspecified atom stereocenters. The van der Waals surface area contributed by atoms with Gasteiger partial charge in [-0.15, -0.1) is 0 Å². The lowest BCUT2D eigenvalue weighted by Gasteiger charge is -2.08. The Morgan fingerprint density at radius 3 is 2.14 bits per heavy atom. The van der Waals surface area contributed by atoms with Crippen molar-refractivity contribution in [1.82, 2.24) is 5.32 Å². The minimum atomic E-state index is -4.39. The zero-order valence-electron chi connectivity index (χ0n) is 12.1. The molecule has 0 saturated heterocycles. The van der Waals surface area contributed by atoms with Crippen molar-refractivity contribution in [2.45, 2.75) is 19.5 Å². The van der Waals surface area contributed by atoms with E-state index in [1.54, 1.807) is 0 Å². The van der Waals surface area contributed by atoms with E-state index in [1.165, 1.54) is 12.1 Å². The number of benzene rings is 2. The monoisotopic (exact) mass is 307 g/mol. The van der Waals surface area contributed by atoms with Gasteiger partial charge in [0.1, 0.15) is 0 Å². The highest BCUT2D eigenvalue weighted by Gasteiger charge is 2.30. The molecule has 116 valence electrons. The van der Waals surface area contributed by atoms with E-state index in [0.29, 0.717) is 13.0 Å². The van der Waals surface area contributed by atoms with Crippen molar-refractivity contribution in [2.75, 3.05) is 6.54 Å². The molecule has 0 aliphatic rings. The summed E-state index contributed by atoms with van der Waals surface area (Å²) in [4.78, 5) is 11.9. The first-order chi connectivity index (χ1) is 10.4. The van der Waals surface area contributed by atoms with Crippen LogP contribution in [-0.2, 0) is 12.6 Å². The maximum absolute atomic E-state index is 12.4. The Hall–Kier alpha value is -2.30. The summed E-state index contributed by atoms with van der Waals surface area (Å²) < 4.78 is 37.3. The van der Waals surface area contributed by atoms with Crippen LogP contribution in [-0.4, -0.2) is 12.5 Å². The van der Waals surface area contributed by atoms with Crippen LogP contribution in [0.5, 0.6) is 0 Å². The first kappa shape index (κ1) is 16.1. The summed E-state index contributed by atoms with van der Waals surface area (Å²) in [6.07, 6.45) is -3.72. The molecule has 0 radical (unpaired) electrons. The van der Waals surface area contributed by atoms with Crippen LogP contribution in [0.1, 0.15) is 27.0 Å². The molecule has 2 aromatic rings. The third-order valence-electron chi connectivity index (χ3n) is 3.29. The molecule has 0 aliphatic carbocycles. The van der Waals surface area contributed by atoms with Crippen LogP contribution in [0.4, 0.5) is 13.2 Å². The second-order valence-corrected chi connectivity index (χ2v) is 5.07. The van der Waals surface area contributed by atoms with E-state index in [1.807, 2.05) is 31.2 Å². The van der Waals surface area contributed by atoms with Crippen molar-refractivity contribution in [3.63, 3.8) is 0 Å². The van der Waals surface area contributed by atoms with Crippen molar-refractivity contribution >= 4 is 5.91 Å². The molecule has 0 heterocycles. The van der Waals surface area contributed by atoms with Crippen LogP contribution in [0.3, 0.4) is 0 Å². The maximum atomic E-state index is 12.4. The van der Waals surface area contributed by atoms with Gasteiger partial charge < -0.3 is 5.32 Å². The second-order valence-electron chi connectivity index (χ2n) is 5.07. The first-order valence-corrected chi connectivity index (χ1v) is 6.87. The van der Waals surface area contributed by atoms with Crippen LogP contribution in [0.15, 0.2) is 48.5 Å². The fourth-order valence-electron chi connectivity index (χ4n) is 1.99. The average molecular weight is 307 g/mol. The van der Waals surface area contributed by atoms with Gasteiger partial charge in [-0.3, -0.25) is 4.79 Å². The Morgan fingerprint density at radius 2 is 1.59 bits per heavy atom. The van der Waals surface area contributed by atoms with E-state index in [9.17, 15) is 18.0 Å². The van der Waals surface area contributed by atoms with Crippen LogP contribution in [0.2, 0.25) is 0 Å². The number of carbonyl (C=O) groups is 1. The van der Waals surface area contributed by atoms with Crippen molar-refractivity contribution < 1.29 is 18.0 Å². The normalized spacial score (nSPS) is 11.3. The lowest BCUT2D eigenvalue weighted by Crippen LogP contribution is -2.25. The van der Waals surface area contributed by atoms with Crippen molar-refractivity contribution in [3.05, 3.63) is 70.8 Å². The molecule has 0 bridgehead atoms. The summed E-state index contributed by atoms with van der Waals surface area (Å²) in [5.41, 5.74) is 1.72. The molecule has 2 nitrogen and oxygen atoms in total. The summed E-state index contributed by atoms with van der Waals surface area (Å²) in [7, 11) is 0. The molecular weight excluding hydrogens is 291 g/mol. The quantitative estimate of drug-likeness (QED) is 0.909. The Bertz CT molecular complexity index is 630. The largest absolute Gasteiger partial charge is 0.416 e. The van der Waals surface area contributed by atoms with Gasteiger partial charge in [0.05, 0.1) is 5.56 Å². The molecule has 1 amide bonds. The van der Waals surface area contributed by atoms with Gasteiger partial charge in [-0.1, -0.05) is 29.8 Å². The Morgan fingerprint density at radius 1 is 1.00 bits per heavy atom. The molecule has 2 rings (SSSR count). The number of alkyl halides is 3. The third kappa shape index (κ3) is 4.35. The van der Waals surface area contributed by atoms with Crippen LogP contribution in [0.25, 0.3) is 0 Å². The Balaban J connectivity index is 1.88. The van der Waals surface area contributed by atoms with Gasteiger partial charge in [-0.25, -0.2) is 0 Å². The lowest BCUT2D eigenvalue weighted by atomic mass is 10.1. The molecule has 0 aromatic heterocycles. The fourth-order valence-corrected chi connectivity index (χ4v) is 1.99. The number of amides is 1. The van der Waals surface area contributed by atoms with E-state index in [4.69, 9.17) is 0 Å². The predicted octanol–water partition coefficient (Wildman–Crippen LogP) is 3.99. The SMILES string of the molecule is Cc1ccc(CCNC(=O)c2ccc(C(F)(F)F)cc2)cc1. The van der Waals surface area contributed by atoms with Crippen molar-refractivity contribution in [3.8, 4) is 0 Å². The Kier molecular flexibility index (Phi) is 4.85. The van der Waals surface area contributed by atoms with E-state index in [2.05, 4.69) is 5.32 Å². The van der Waals surface area contributed by atoms with Gasteiger partial charge in [0.15, 0.2) is 0 Å². The minimum Gasteiger partial charge on any atom is -0.352 e. The Labute approximate surface area is 127 Å². The molecule has 0 spiro atoms. The molecule has 0 fully saturated rings. The van der Waals surface area contributed by atoms with Crippen LogP contribution >= 0.6 is 0 Å². The highest BCUT2D eigenvalue weighted by molar-refractivity contribution is 5.94. The van der Waals surface area contributed by atoms with E-state index < -0.39 is 11.7 Å².